The first-order valence-electron chi connectivity index (χ1n) is 8.68. The highest BCUT2D eigenvalue weighted by Gasteiger charge is 2.35. The van der Waals surface area contributed by atoms with Gasteiger partial charge in [-0.2, -0.15) is 13.2 Å². The molecule has 28 heavy (non-hydrogen) atoms. The zero-order chi connectivity index (χ0) is 20.3. The summed E-state index contributed by atoms with van der Waals surface area (Å²) in [4.78, 5) is 9.37. The SMILES string of the molecule is COc1cccc(C(CNc2nc(C(F)(F)F)nc3ccccc23)N(C)C)c1. The molecule has 0 spiro atoms. The number of nitrogens with zero attached hydrogens (tertiary/aromatic N) is 3. The van der Waals surface area contributed by atoms with Gasteiger partial charge in [0.05, 0.1) is 18.7 Å². The van der Waals surface area contributed by atoms with Gasteiger partial charge in [-0.3, -0.25) is 0 Å². The monoisotopic (exact) mass is 390 g/mol. The Balaban J connectivity index is 1.94. The third-order valence-electron chi connectivity index (χ3n) is 4.42. The van der Waals surface area contributed by atoms with Crippen molar-refractivity contribution in [3.05, 3.63) is 59.9 Å². The first-order valence-corrected chi connectivity index (χ1v) is 8.68. The average molecular weight is 390 g/mol. The second-order valence-electron chi connectivity index (χ2n) is 6.55. The van der Waals surface area contributed by atoms with Crippen LogP contribution >= 0.6 is 0 Å². The fourth-order valence-corrected chi connectivity index (χ4v) is 2.98. The van der Waals surface area contributed by atoms with E-state index in [9.17, 15) is 13.2 Å². The standard InChI is InChI=1S/C20H21F3N4O/c1-27(2)17(13-7-6-8-14(11-13)28-3)12-24-18-15-9-4-5-10-16(15)25-19(26-18)20(21,22)23/h4-11,17H,12H2,1-3H3,(H,24,25,26). The Labute approximate surface area is 161 Å². The predicted octanol–water partition coefficient (Wildman–Crippen LogP) is 4.37. The number of alkyl halides is 3. The number of ether oxygens (including phenoxy) is 1. The Bertz CT molecular complexity index is 960. The van der Waals surface area contributed by atoms with E-state index < -0.39 is 12.0 Å². The Hall–Kier alpha value is -2.87. The molecule has 0 radical (unpaired) electrons. The van der Waals surface area contributed by atoms with Crippen LogP contribution in [0.4, 0.5) is 19.0 Å². The molecule has 1 N–H and O–H groups in total. The molecule has 2 aromatic carbocycles. The Morgan fingerprint density at radius 2 is 1.82 bits per heavy atom. The molecule has 3 aromatic rings. The van der Waals surface area contributed by atoms with Gasteiger partial charge >= 0.3 is 6.18 Å². The van der Waals surface area contributed by atoms with Crippen LogP contribution in [0.5, 0.6) is 5.75 Å². The van der Waals surface area contributed by atoms with E-state index in [-0.39, 0.29) is 17.4 Å². The van der Waals surface area contributed by atoms with Crippen LogP contribution < -0.4 is 10.1 Å². The lowest BCUT2D eigenvalue weighted by Gasteiger charge is -2.26. The molecule has 0 aliphatic carbocycles. The Kier molecular flexibility index (Phi) is 5.69. The zero-order valence-electron chi connectivity index (χ0n) is 15.8. The van der Waals surface area contributed by atoms with Gasteiger partial charge in [0.15, 0.2) is 0 Å². The molecule has 5 nitrogen and oxygen atoms in total. The molecule has 1 unspecified atom stereocenters. The molecule has 3 rings (SSSR count). The van der Waals surface area contributed by atoms with E-state index in [2.05, 4.69) is 15.3 Å². The molecule has 1 atom stereocenters. The smallest absolute Gasteiger partial charge is 0.451 e. The van der Waals surface area contributed by atoms with Crippen molar-refractivity contribution in [3.63, 3.8) is 0 Å². The molecule has 0 bridgehead atoms. The molecule has 148 valence electrons. The van der Waals surface area contributed by atoms with Gasteiger partial charge in [0.1, 0.15) is 11.6 Å². The van der Waals surface area contributed by atoms with Gasteiger partial charge in [0.2, 0.25) is 5.82 Å². The number of fused-ring (bicyclic) bond motifs is 1. The third-order valence-corrected chi connectivity index (χ3v) is 4.42. The van der Waals surface area contributed by atoms with Crippen molar-refractivity contribution in [1.82, 2.24) is 14.9 Å². The van der Waals surface area contributed by atoms with Crippen molar-refractivity contribution in [1.29, 1.82) is 0 Å². The van der Waals surface area contributed by atoms with E-state index in [1.807, 2.05) is 43.3 Å². The van der Waals surface area contributed by atoms with Gasteiger partial charge in [-0.05, 0) is 43.9 Å². The van der Waals surface area contributed by atoms with Crippen molar-refractivity contribution in [2.75, 3.05) is 33.1 Å². The fourth-order valence-electron chi connectivity index (χ4n) is 2.98. The second-order valence-corrected chi connectivity index (χ2v) is 6.55. The number of likely N-dealkylation sites (N-methyl/N-ethyl adjacent to an activating group) is 1. The molecule has 1 aromatic heterocycles. The summed E-state index contributed by atoms with van der Waals surface area (Å²) < 4.78 is 44.9. The number of hydrogen-bond donors (Lipinski definition) is 1. The number of rotatable bonds is 6. The van der Waals surface area contributed by atoms with Crippen molar-refractivity contribution in [2.45, 2.75) is 12.2 Å². The number of benzene rings is 2. The van der Waals surface area contributed by atoms with Crippen molar-refractivity contribution >= 4 is 16.7 Å². The lowest BCUT2D eigenvalue weighted by Crippen LogP contribution is -2.27. The van der Waals surface area contributed by atoms with E-state index in [4.69, 9.17) is 4.74 Å². The maximum atomic E-state index is 13.2. The number of aromatic nitrogens is 2. The normalized spacial score (nSPS) is 13.0. The number of nitrogens with one attached hydrogen (secondary N) is 1. The van der Waals surface area contributed by atoms with Crippen LogP contribution in [0.2, 0.25) is 0 Å². The number of halogens is 3. The number of para-hydroxylation sites is 1. The lowest BCUT2D eigenvalue weighted by atomic mass is 10.1. The summed E-state index contributed by atoms with van der Waals surface area (Å²) >= 11 is 0. The average Bonchev–Trinajstić information content (AvgIpc) is 2.67. The lowest BCUT2D eigenvalue weighted by molar-refractivity contribution is -0.144. The third kappa shape index (κ3) is 4.33. The fraction of sp³-hybridized carbons (Fsp3) is 0.300. The predicted molar refractivity (Wildman–Crippen MR) is 102 cm³/mol. The first-order chi connectivity index (χ1) is 13.3. The summed E-state index contributed by atoms with van der Waals surface area (Å²) in [6, 6.07) is 14.1. The molecule has 0 saturated carbocycles. The summed E-state index contributed by atoms with van der Waals surface area (Å²) in [5, 5.41) is 3.62. The molecular weight excluding hydrogens is 369 g/mol. The van der Waals surface area contributed by atoms with E-state index in [0.717, 1.165) is 11.3 Å². The van der Waals surface area contributed by atoms with E-state index in [1.54, 1.807) is 31.4 Å². The van der Waals surface area contributed by atoms with Crippen LogP contribution in [0.3, 0.4) is 0 Å². The van der Waals surface area contributed by atoms with Crippen LogP contribution in [-0.4, -0.2) is 42.6 Å². The Morgan fingerprint density at radius 3 is 2.50 bits per heavy atom. The van der Waals surface area contributed by atoms with Crippen LogP contribution in [-0.2, 0) is 6.18 Å². The molecule has 8 heteroatoms. The maximum absolute atomic E-state index is 13.2. The van der Waals surface area contributed by atoms with Crippen LogP contribution in [0.15, 0.2) is 48.5 Å². The summed E-state index contributed by atoms with van der Waals surface area (Å²) in [6.45, 7) is 0.360. The van der Waals surface area contributed by atoms with Crippen LogP contribution in [0.1, 0.15) is 17.4 Å². The van der Waals surface area contributed by atoms with Gasteiger partial charge in [-0.25, -0.2) is 9.97 Å². The van der Waals surface area contributed by atoms with Gasteiger partial charge in [0.25, 0.3) is 0 Å². The van der Waals surface area contributed by atoms with E-state index in [0.29, 0.717) is 11.9 Å². The first kappa shape index (κ1) is 19.9. The number of methoxy groups -OCH3 is 1. The molecule has 1 heterocycles. The van der Waals surface area contributed by atoms with Crippen molar-refractivity contribution < 1.29 is 17.9 Å². The van der Waals surface area contributed by atoms with Crippen LogP contribution in [0, 0.1) is 0 Å². The summed E-state index contributed by atoms with van der Waals surface area (Å²) in [5.74, 6) is -0.277. The van der Waals surface area contributed by atoms with Gasteiger partial charge in [0, 0.05) is 11.9 Å². The molecule has 0 amide bonds. The molecular formula is C20H21F3N4O. The largest absolute Gasteiger partial charge is 0.497 e. The highest BCUT2D eigenvalue weighted by Crippen LogP contribution is 2.31. The summed E-state index contributed by atoms with van der Waals surface area (Å²) in [5.41, 5.74) is 1.22. The molecule has 0 saturated heterocycles. The number of hydrogen-bond acceptors (Lipinski definition) is 5. The van der Waals surface area contributed by atoms with Gasteiger partial charge in [-0.15, -0.1) is 0 Å². The van der Waals surface area contributed by atoms with Crippen molar-refractivity contribution in [3.8, 4) is 5.75 Å². The van der Waals surface area contributed by atoms with E-state index in [1.165, 1.54) is 0 Å². The highest BCUT2D eigenvalue weighted by atomic mass is 19.4. The minimum absolute atomic E-state index is 0.0989. The van der Waals surface area contributed by atoms with Gasteiger partial charge in [-0.1, -0.05) is 24.3 Å². The summed E-state index contributed by atoms with van der Waals surface area (Å²) in [7, 11) is 5.41. The molecule has 0 fully saturated rings. The van der Waals surface area contributed by atoms with E-state index >= 15 is 0 Å². The number of anilines is 1. The minimum atomic E-state index is -4.62. The molecule has 0 aliphatic heterocycles. The minimum Gasteiger partial charge on any atom is -0.497 e. The zero-order valence-corrected chi connectivity index (χ0v) is 15.8. The van der Waals surface area contributed by atoms with Crippen molar-refractivity contribution in [2.24, 2.45) is 0 Å². The maximum Gasteiger partial charge on any atom is 0.451 e. The van der Waals surface area contributed by atoms with Gasteiger partial charge < -0.3 is 15.0 Å². The summed E-state index contributed by atoms with van der Waals surface area (Å²) in [6.07, 6.45) is -4.62. The topological polar surface area (TPSA) is 50.3 Å². The highest BCUT2D eigenvalue weighted by molar-refractivity contribution is 5.89. The van der Waals surface area contributed by atoms with Crippen LogP contribution in [0.25, 0.3) is 10.9 Å². The quantitative estimate of drug-likeness (QED) is 0.677. The second kappa shape index (κ2) is 8.02. The Morgan fingerprint density at radius 1 is 1.07 bits per heavy atom. The molecule has 0 aliphatic rings.